The fourth-order valence-electron chi connectivity index (χ4n) is 2.24. The molecule has 1 unspecified atom stereocenters. The fraction of sp³-hybridized carbons (Fsp3) is 0.941. The molecular formula is C17H36IN3O2. The predicted molar refractivity (Wildman–Crippen MR) is 108 cm³/mol. The highest BCUT2D eigenvalue weighted by molar-refractivity contribution is 14.0. The van der Waals surface area contributed by atoms with Crippen molar-refractivity contribution in [3.8, 4) is 0 Å². The molecule has 1 rings (SSSR count). The highest BCUT2D eigenvalue weighted by Gasteiger charge is 2.20. The molecule has 0 spiro atoms. The lowest BCUT2D eigenvalue weighted by molar-refractivity contribution is 0.0266. The average Bonchev–Trinajstić information content (AvgIpc) is 3.30. The Morgan fingerprint density at radius 2 is 1.96 bits per heavy atom. The number of hydrogen-bond acceptors (Lipinski definition) is 3. The van der Waals surface area contributed by atoms with E-state index in [4.69, 9.17) is 9.47 Å². The van der Waals surface area contributed by atoms with Gasteiger partial charge in [0.25, 0.3) is 0 Å². The number of rotatable bonds is 12. The van der Waals surface area contributed by atoms with Crippen LogP contribution in [0.3, 0.4) is 0 Å². The lowest BCUT2D eigenvalue weighted by Gasteiger charge is -2.20. The van der Waals surface area contributed by atoms with Gasteiger partial charge < -0.3 is 20.1 Å². The Morgan fingerprint density at radius 3 is 2.52 bits per heavy atom. The molecule has 1 aliphatic rings. The second-order valence-electron chi connectivity index (χ2n) is 6.23. The van der Waals surface area contributed by atoms with Crippen LogP contribution < -0.4 is 10.6 Å². The van der Waals surface area contributed by atoms with Crippen LogP contribution in [0.4, 0.5) is 0 Å². The second-order valence-corrected chi connectivity index (χ2v) is 6.23. The summed E-state index contributed by atoms with van der Waals surface area (Å²) in [6.07, 6.45) is 3.93. The summed E-state index contributed by atoms with van der Waals surface area (Å²) in [7, 11) is 0. The zero-order chi connectivity index (χ0) is 16.2. The van der Waals surface area contributed by atoms with Crippen molar-refractivity contribution >= 4 is 29.9 Å². The summed E-state index contributed by atoms with van der Waals surface area (Å²) >= 11 is 0. The molecule has 23 heavy (non-hydrogen) atoms. The summed E-state index contributed by atoms with van der Waals surface area (Å²) in [5.74, 6) is 2.23. The van der Waals surface area contributed by atoms with E-state index in [2.05, 4.69) is 36.4 Å². The number of nitrogens with one attached hydrogen (secondary N) is 2. The molecule has 0 amide bonds. The van der Waals surface area contributed by atoms with Gasteiger partial charge in [0, 0.05) is 32.8 Å². The first kappa shape index (κ1) is 22.9. The Kier molecular flexibility index (Phi) is 14.2. The molecule has 0 aromatic heterocycles. The van der Waals surface area contributed by atoms with Gasteiger partial charge in [0.1, 0.15) is 0 Å². The normalized spacial score (nSPS) is 16.1. The quantitative estimate of drug-likeness (QED) is 0.212. The standard InChI is InChI=1S/C17H35N3O2.HI/c1-5-18-17(20-11-12-21-13-15-7-8-15)19-10-9-16(14(3)4)22-6-2;/h14-16H,5-13H2,1-4H3,(H2,18,19,20);1H. The van der Waals surface area contributed by atoms with Gasteiger partial charge in [0.05, 0.1) is 12.7 Å². The van der Waals surface area contributed by atoms with Crippen LogP contribution in [0.25, 0.3) is 0 Å². The first-order valence-electron chi connectivity index (χ1n) is 8.88. The van der Waals surface area contributed by atoms with Crippen LogP contribution in [0.5, 0.6) is 0 Å². The van der Waals surface area contributed by atoms with E-state index in [0.717, 1.165) is 57.8 Å². The van der Waals surface area contributed by atoms with Crippen molar-refractivity contribution in [3.63, 3.8) is 0 Å². The summed E-state index contributed by atoms with van der Waals surface area (Å²) in [6.45, 7) is 13.4. The first-order valence-corrected chi connectivity index (χ1v) is 8.88. The van der Waals surface area contributed by atoms with Gasteiger partial charge in [-0.3, -0.25) is 4.99 Å². The van der Waals surface area contributed by atoms with Crippen LogP contribution in [-0.4, -0.2) is 51.5 Å². The molecule has 2 N–H and O–H groups in total. The minimum atomic E-state index is 0. The van der Waals surface area contributed by atoms with Gasteiger partial charge in [0.2, 0.25) is 0 Å². The molecule has 0 radical (unpaired) electrons. The Bertz CT molecular complexity index is 310. The molecule has 0 heterocycles. The predicted octanol–water partition coefficient (Wildman–Crippen LogP) is 3.04. The molecule has 1 saturated carbocycles. The van der Waals surface area contributed by atoms with Crippen LogP contribution >= 0.6 is 24.0 Å². The van der Waals surface area contributed by atoms with Crippen molar-refractivity contribution in [1.29, 1.82) is 0 Å². The Morgan fingerprint density at radius 1 is 1.22 bits per heavy atom. The van der Waals surface area contributed by atoms with E-state index < -0.39 is 0 Å². The smallest absolute Gasteiger partial charge is 0.191 e. The number of aliphatic imine (C=N–C) groups is 1. The third kappa shape index (κ3) is 12.0. The van der Waals surface area contributed by atoms with Gasteiger partial charge in [-0.25, -0.2) is 0 Å². The summed E-state index contributed by atoms with van der Waals surface area (Å²) in [4.78, 5) is 4.62. The van der Waals surface area contributed by atoms with E-state index in [9.17, 15) is 0 Å². The summed E-state index contributed by atoms with van der Waals surface area (Å²) in [6, 6.07) is 0. The average molecular weight is 441 g/mol. The molecule has 0 aromatic rings. The number of guanidine groups is 1. The van der Waals surface area contributed by atoms with Gasteiger partial charge in [0.15, 0.2) is 5.96 Å². The van der Waals surface area contributed by atoms with E-state index >= 15 is 0 Å². The van der Waals surface area contributed by atoms with Crippen molar-refractivity contribution in [2.45, 2.75) is 53.1 Å². The van der Waals surface area contributed by atoms with Crippen molar-refractivity contribution in [2.24, 2.45) is 16.8 Å². The maximum absolute atomic E-state index is 5.76. The maximum atomic E-state index is 5.76. The molecule has 0 saturated heterocycles. The van der Waals surface area contributed by atoms with E-state index in [1.54, 1.807) is 0 Å². The minimum Gasteiger partial charge on any atom is -0.379 e. The van der Waals surface area contributed by atoms with Crippen LogP contribution in [0, 0.1) is 11.8 Å². The van der Waals surface area contributed by atoms with E-state index in [0.29, 0.717) is 12.0 Å². The molecule has 1 fully saturated rings. The number of nitrogens with zero attached hydrogens (tertiary/aromatic N) is 1. The third-order valence-electron chi connectivity index (χ3n) is 3.74. The van der Waals surface area contributed by atoms with Gasteiger partial charge in [-0.15, -0.1) is 24.0 Å². The molecule has 5 nitrogen and oxygen atoms in total. The van der Waals surface area contributed by atoms with Gasteiger partial charge in [-0.1, -0.05) is 13.8 Å². The number of halogens is 1. The molecular weight excluding hydrogens is 405 g/mol. The Hall–Kier alpha value is -0.0800. The van der Waals surface area contributed by atoms with Gasteiger partial charge >= 0.3 is 0 Å². The summed E-state index contributed by atoms with van der Waals surface area (Å²) in [5.41, 5.74) is 0. The largest absolute Gasteiger partial charge is 0.379 e. The Balaban J connectivity index is 0.00000484. The monoisotopic (exact) mass is 441 g/mol. The van der Waals surface area contributed by atoms with E-state index in [1.807, 2.05) is 6.92 Å². The van der Waals surface area contributed by atoms with Crippen LogP contribution in [0.15, 0.2) is 4.99 Å². The Labute approximate surface area is 159 Å². The van der Waals surface area contributed by atoms with Crippen LogP contribution in [0.2, 0.25) is 0 Å². The van der Waals surface area contributed by atoms with Crippen LogP contribution in [0.1, 0.15) is 47.0 Å². The van der Waals surface area contributed by atoms with Crippen molar-refractivity contribution in [1.82, 2.24) is 10.6 Å². The zero-order valence-corrected chi connectivity index (χ0v) is 17.6. The highest BCUT2D eigenvalue weighted by Crippen LogP contribution is 2.28. The molecule has 0 bridgehead atoms. The lowest BCUT2D eigenvalue weighted by Crippen LogP contribution is -2.39. The zero-order valence-electron chi connectivity index (χ0n) is 15.3. The third-order valence-corrected chi connectivity index (χ3v) is 3.74. The van der Waals surface area contributed by atoms with Crippen molar-refractivity contribution in [2.75, 3.05) is 39.5 Å². The molecule has 138 valence electrons. The second kappa shape index (κ2) is 14.3. The highest BCUT2D eigenvalue weighted by atomic mass is 127. The van der Waals surface area contributed by atoms with Crippen LogP contribution in [-0.2, 0) is 9.47 Å². The molecule has 1 aliphatic carbocycles. The van der Waals surface area contributed by atoms with Gasteiger partial charge in [-0.2, -0.15) is 0 Å². The SMILES string of the molecule is CCNC(=NCCC(OCC)C(C)C)NCCOCC1CC1.I. The number of ether oxygens (including phenoxy) is 2. The molecule has 0 aromatic carbocycles. The lowest BCUT2D eigenvalue weighted by atomic mass is 10.0. The number of hydrogen-bond donors (Lipinski definition) is 2. The maximum Gasteiger partial charge on any atom is 0.191 e. The first-order chi connectivity index (χ1) is 10.7. The summed E-state index contributed by atoms with van der Waals surface area (Å²) < 4.78 is 11.4. The van der Waals surface area contributed by atoms with Crippen molar-refractivity contribution < 1.29 is 9.47 Å². The van der Waals surface area contributed by atoms with Crippen molar-refractivity contribution in [3.05, 3.63) is 0 Å². The molecule has 6 heteroatoms. The summed E-state index contributed by atoms with van der Waals surface area (Å²) in [5, 5.41) is 6.59. The molecule has 0 aliphatic heterocycles. The fourth-order valence-corrected chi connectivity index (χ4v) is 2.24. The molecule has 1 atom stereocenters. The minimum absolute atomic E-state index is 0. The van der Waals surface area contributed by atoms with E-state index in [-0.39, 0.29) is 24.0 Å². The topological polar surface area (TPSA) is 54.9 Å². The van der Waals surface area contributed by atoms with Gasteiger partial charge in [-0.05, 0) is 44.9 Å². The van der Waals surface area contributed by atoms with E-state index in [1.165, 1.54) is 12.8 Å².